The summed E-state index contributed by atoms with van der Waals surface area (Å²) in [7, 11) is 0. The van der Waals surface area contributed by atoms with Crippen LogP contribution in [0, 0.1) is 0 Å². The Morgan fingerprint density at radius 1 is 1.24 bits per heavy atom. The molecule has 0 aromatic carbocycles. The Morgan fingerprint density at radius 2 is 2.05 bits per heavy atom. The number of fused-ring (bicyclic) bond motifs is 1. The second-order valence-electron chi connectivity index (χ2n) is 5.88. The molecule has 1 saturated heterocycles. The molecule has 2 aliphatic heterocycles. The van der Waals surface area contributed by atoms with E-state index in [1.54, 1.807) is 6.92 Å². The molecule has 0 saturated carbocycles. The lowest BCUT2D eigenvalue weighted by atomic mass is 10.1. The van der Waals surface area contributed by atoms with Crippen LogP contribution in [-0.2, 0) is 6.42 Å². The maximum absolute atomic E-state index is 9.51. The summed E-state index contributed by atoms with van der Waals surface area (Å²) in [6.07, 6.45) is 5.61. The highest BCUT2D eigenvalue weighted by atomic mass is 32.2. The second-order valence-corrected chi connectivity index (χ2v) is 6.98. The van der Waals surface area contributed by atoms with Crippen molar-refractivity contribution in [2.24, 2.45) is 0 Å². The number of rotatable bonds is 4. The van der Waals surface area contributed by atoms with Gasteiger partial charge in [0, 0.05) is 19.6 Å². The molecule has 0 amide bonds. The minimum atomic E-state index is -0.373. The minimum Gasteiger partial charge on any atom is -0.392 e. The quantitative estimate of drug-likeness (QED) is 0.890. The number of hydrogen-bond acceptors (Lipinski definition) is 6. The average molecular weight is 308 g/mol. The molecular weight excluding hydrogens is 284 g/mol. The molecular formula is C15H24N4OS. The molecule has 0 unspecified atom stereocenters. The molecule has 1 aromatic heterocycles. The van der Waals surface area contributed by atoms with E-state index in [0.717, 1.165) is 37.0 Å². The lowest BCUT2D eigenvalue weighted by Gasteiger charge is -2.29. The monoisotopic (exact) mass is 308 g/mol. The Bertz CT molecular complexity index is 489. The molecule has 5 nitrogen and oxygen atoms in total. The van der Waals surface area contributed by atoms with Crippen molar-refractivity contribution in [2.45, 2.75) is 50.0 Å². The first-order valence-electron chi connectivity index (χ1n) is 7.94. The Labute approximate surface area is 130 Å². The van der Waals surface area contributed by atoms with E-state index in [1.165, 1.54) is 36.3 Å². The Morgan fingerprint density at radius 3 is 2.81 bits per heavy atom. The van der Waals surface area contributed by atoms with Crippen molar-refractivity contribution in [2.75, 3.05) is 35.6 Å². The fourth-order valence-corrected chi connectivity index (χ4v) is 3.88. The zero-order chi connectivity index (χ0) is 14.7. The highest BCUT2D eigenvalue weighted by Crippen LogP contribution is 2.35. The summed E-state index contributed by atoms with van der Waals surface area (Å²) in [5.74, 6) is 2.90. The summed E-state index contributed by atoms with van der Waals surface area (Å²) < 4.78 is 0. The van der Waals surface area contributed by atoms with Gasteiger partial charge in [0.05, 0.1) is 16.7 Å². The van der Waals surface area contributed by atoms with Crippen molar-refractivity contribution in [3.8, 4) is 0 Å². The highest BCUT2D eigenvalue weighted by Gasteiger charge is 2.22. The third kappa shape index (κ3) is 3.61. The van der Waals surface area contributed by atoms with Gasteiger partial charge in [0.1, 0.15) is 5.82 Å². The summed E-state index contributed by atoms with van der Waals surface area (Å²) in [5, 5.41) is 12.8. The smallest absolute Gasteiger partial charge is 0.227 e. The number of aliphatic hydroxyl groups is 1. The largest absolute Gasteiger partial charge is 0.392 e. The zero-order valence-corrected chi connectivity index (χ0v) is 13.5. The van der Waals surface area contributed by atoms with Crippen LogP contribution in [-0.4, -0.2) is 46.6 Å². The van der Waals surface area contributed by atoms with Crippen LogP contribution < -0.4 is 10.2 Å². The molecule has 1 aromatic rings. The van der Waals surface area contributed by atoms with Crippen LogP contribution in [0.15, 0.2) is 4.90 Å². The van der Waals surface area contributed by atoms with Crippen molar-refractivity contribution < 1.29 is 5.11 Å². The molecule has 21 heavy (non-hydrogen) atoms. The Kier molecular flexibility index (Phi) is 4.85. The van der Waals surface area contributed by atoms with Gasteiger partial charge in [-0.05, 0) is 44.8 Å². The average Bonchev–Trinajstić information content (AvgIpc) is 2.53. The van der Waals surface area contributed by atoms with E-state index in [-0.39, 0.29) is 6.10 Å². The predicted molar refractivity (Wildman–Crippen MR) is 87.3 cm³/mol. The normalized spacial score (nSPS) is 20.0. The molecule has 2 aliphatic rings. The van der Waals surface area contributed by atoms with E-state index in [0.29, 0.717) is 6.54 Å². The van der Waals surface area contributed by atoms with Gasteiger partial charge in [-0.1, -0.05) is 0 Å². The number of aromatic nitrogens is 2. The molecule has 2 N–H and O–H groups in total. The van der Waals surface area contributed by atoms with Crippen molar-refractivity contribution in [1.82, 2.24) is 9.97 Å². The molecule has 0 spiro atoms. The Balaban J connectivity index is 1.88. The number of nitrogens with zero attached hydrogens (tertiary/aromatic N) is 3. The maximum atomic E-state index is 9.51. The van der Waals surface area contributed by atoms with Crippen LogP contribution >= 0.6 is 11.8 Å². The topological polar surface area (TPSA) is 61.3 Å². The standard InChI is InChI=1S/C15H24N4OS/c1-11(20)10-16-14-13-12(6-5-9-21-13)17-15(18-14)19-7-3-2-4-8-19/h11,20H,2-10H2,1H3,(H,16,17,18)/t11-/m0/s1. The molecule has 1 atom stereocenters. The second kappa shape index (κ2) is 6.83. The first-order valence-corrected chi connectivity index (χ1v) is 8.93. The number of aryl methyl sites for hydroxylation is 1. The Hall–Kier alpha value is -1.01. The van der Waals surface area contributed by atoms with E-state index in [9.17, 15) is 5.11 Å². The molecule has 0 bridgehead atoms. The van der Waals surface area contributed by atoms with Crippen LogP contribution in [0.25, 0.3) is 0 Å². The maximum Gasteiger partial charge on any atom is 0.227 e. The molecule has 3 rings (SSSR count). The third-order valence-corrected chi connectivity index (χ3v) is 5.14. The van der Waals surface area contributed by atoms with Crippen LogP contribution in [0.3, 0.4) is 0 Å². The molecule has 1 fully saturated rings. The van der Waals surface area contributed by atoms with E-state index >= 15 is 0 Å². The van der Waals surface area contributed by atoms with Gasteiger partial charge in [-0.15, -0.1) is 11.8 Å². The van der Waals surface area contributed by atoms with Gasteiger partial charge in [-0.2, -0.15) is 4.98 Å². The number of anilines is 2. The fraction of sp³-hybridized carbons (Fsp3) is 0.733. The number of piperidine rings is 1. The lowest BCUT2D eigenvalue weighted by Crippen LogP contribution is -2.32. The van der Waals surface area contributed by atoms with Crippen LogP contribution in [0.2, 0.25) is 0 Å². The molecule has 0 radical (unpaired) electrons. The number of aliphatic hydroxyl groups excluding tert-OH is 1. The van der Waals surface area contributed by atoms with Crippen molar-refractivity contribution in [3.05, 3.63) is 5.69 Å². The summed E-state index contributed by atoms with van der Waals surface area (Å²) in [6, 6.07) is 0. The highest BCUT2D eigenvalue weighted by molar-refractivity contribution is 7.99. The van der Waals surface area contributed by atoms with E-state index < -0.39 is 0 Å². The van der Waals surface area contributed by atoms with Crippen LogP contribution in [0.4, 0.5) is 11.8 Å². The van der Waals surface area contributed by atoms with E-state index in [2.05, 4.69) is 10.2 Å². The van der Waals surface area contributed by atoms with Crippen LogP contribution in [0.1, 0.15) is 38.3 Å². The molecule has 0 aliphatic carbocycles. The third-order valence-electron chi connectivity index (χ3n) is 3.93. The number of nitrogens with one attached hydrogen (secondary N) is 1. The molecule has 116 valence electrons. The van der Waals surface area contributed by atoms with E-state index in [4.69, 9.17) is 9.97 Å². The number of hydrogen-bond donors (Lipinski definition) is 2. The van der Waals surface area contributed by atoms with Gasteiger partial charge >= 0.3 is 0 Å². The summed E-state index contributed by atoms with van der Waals surface area (Å²) in [4.78, 5) is 13.1. The zero-order valence-electron chi connectivity index (χ0n) is 12.6. The van der Waals surface area contributed by atoms with Gasteiger partial charge in [-0.25, -0.2) is 4.98 Å². The van der Waals surface area contributed by atoms with Gasteiger partial charge in [0.2, 0.25) is 5.95 Å². The van der Waals surface area contributed by atoms with Crippen molar-refractivity contribution in [1.29, 1.82) is 0 Å². The summed E-state index contributed by atoms with van der Waals surface area (Å²) in [6.45, 7) is 4.44. The summed E-state index contributed by atoms with van der Waals surface area (Å²) >= 11 is 1.83. The number of thioether (sulfide) groups is 1. The van der Waals surface area contributed by atoms with Gasteiger partial charge in [0.15, 0.2) is 0 Å². The first kappa shape index (κ1) is 14.9. The SMILES string of the molecule is C[C@H](O)CNc1nc(N2CCCCC2)nc2c1SCCC2. The fourth-order valence-electron chi connectivity index (χ4n) is 2.82. The van der Waals surface area contributed by atoms with Gasteiger partial charge in [0.25, 0.3) is 0 Å². The van der Waals surface area contributed by atoms with Crippen molar-refractivity contribution >= 4 is 23.5 Å². The van der Waals surface area contributed by atoms with Gasteiger partial charge < -0.3 is 15.3 Å². The predicted octanol–water partition coefficient (Wildman–Crippen LogP) is 2.30. The first-order chi connectivity index (χ1) is 10.2. The van der Waals surface area contributed by atoms with Gasteiger partial charge in [-0.3, -0.25) is 0 Å². The molecule has 3 heterocycles. The van der Waals surface area contributed by atoms with Crippen LogP contribution in [0.5, 0.6) is 0 Å². The van der Waals surface area contributed by atoms with Crippen molar-refractivity contribution in [3.63, 3.8) is 0 Å². The lowest BCUT2D eigenvalue weighted by molar-refractivity contribution is 0.208. The minimum absolute atomic E-state index is 0.373. The summed E-state index contributed by atoms with van der Waals surface area (Å²) in [5.41, 5.74) is 1.18. The van der Waals surface area contributed by atoms with E-state index in [1.807, 2.05) is 11.8 Å². The molecule has 6 heteroatoms.